The monoisotopic (exact) mass is 212 g/mol. The summed E-state index contributed by atoms with van der Waals surface area (Å²) in [5.41, 5.74) is 0. The summed E-state index contributed by atoms with van der Waals surface area (Å²) in [6, 6.07) is 0.383. The third kappa shape index (κ3) is 5.81. The largest absolute Gasteiger partial charge is 0.340 e. The first kappa shape index (κ1) is 14.5. The van der Waals surface area contributed by atoms with Crippen molar-refractivity contribution in [1.82, 2.24) is 4.90 Å². The van der Waals surface area contributed by atoms with Crippen LogP contribution in [0.3, 0.4) is 0 Å². The highest BCUT2D eigenvalue weighted by Crippen LogP contribution is 2.09. The minimum Gasteiger partial charge on any atom is -0.340 e. The van der Waals surface area contributed by atoms with Crippen molar-refractivity contribution in [1.29, 1.82) is 0 Å². The molecule has 15 heavy (non-hydrogen) atoms. The maximum atomic E-state index is 11.9. The minimum absolute atomic E-state index is 0.307. The van der Waals surface area contributed by atoms with Gasteiger partial charge in [-0.3, -0.25) is 4.79 Å². The summed E-state index contributed by atoms with van der Waals surface area (Å²) in [6.45, 7) is 11.1. The molecule has 2 heteroatoms. The second kappa shape index (κ2) is 8.75. The molecular formula is C13H26NO. The van der Waals surface area contributed by atoms with Gasteiger partial charge in [-0.1, -0.05) is 33.6 Å². The van der Waals surface area contributed by atoms with E-state index in [1.165, 1.54) is 0 Å². The topological polar surface area (TPSA) is 20.3 Å². The Bertz CT molecular complexity index is 168. The second-order valence-corrected chi connectivity index (χ2v) is 4.16. The van der Waals surface area contributed by atoms with Crippen LogP contribution in [0.2, 0.25) is 0 Å². The Morgan fingerprint density at radius 2 is 2.00 bits per heavy atom. The van der Waals surface area contributed by atoms with Gasteiger partial charge in [0.05, 0.1) is 0 Å². The molecule has 0 aliphatic rings. The molecule has 0 rings (SSSR count). The van der Waals surface area contributed by atoms with Crippen molar-refractivity contribution in [3.05, 3.63) is 6.92 Å². The van der Waals surface area contributed by atoms with E-state index in [1.54, 1.807) is 0 Å². The number of nitrogens with zero attached hydrogens (tertiary/aromatic N) is 1. The van der Waals surface area contributed by atoms with E-state index in [-0.39, 0.29) is 0 Å². The van der Waals surface area contributed by atoms with Gasteiger partial charge in [-0.25, -0.2) is 0 Å². The molecule has 0 aromatic rings. The van der Waals surface area contributed by atoms with Crippen LogP contribution < -0.4 is 0 Å². The zero-order valence-electron chi connectivity index (χ0n) is 10.6. The van der Waals surface area contributed by atoms with Crippen LogP contribution in [0.4, 0.5) is 0 Å². The highest BCUT2D eigenvalue weighted by molar-refractivity contribution is 5.76. The van der Waals surface area contributed by atoms with Crippen LogP contribution in [0, 0.1) is 6.92 Å². The SMILES string of the molecule is [CH2]CCCC(=O)N(CCCC)C(C)CC. The molecule has 1 amide bonds. The van der Waals surface area contributed by atoms with Crippen molar-refractivity contribution in [2.75, 3.05) is 6.54 Å². The van der Waals surface area contributed by atoms with E-state index < -0.39 is 0 Å². The van der Waals surface area contributed by atoms with E-state index in [2.05, 4.69) is 27.7 Å². The molecule has 0 spiro atoms. The lowest BCUT2D eigenvalue weighted by Crippen LogP contribution is -2.38. The fourth-order valence-corrected chi connectivity index (χ4v) is 1.56. The lowest BCUT2D eigenvalue weighted by Gasteiger charge is -2.28. The van der Waals surface area contributed by atoms with Gasteiger partial charge in [-0.05, 0) is 26.2 Å². The van der Waals surface area contributed by atoms with E-state index >= 15 is 0 Å². The molecule has 1 atom stereocenters. The highest BCUT2D eigenvalue weighted by atomic mass is 16.2. The molecule has 1 radical (unpaired) electrons. The molecule has 0 bridgehead atoms. The fourth-order valence-electron chi connectivity index (χ4n) is 1.56. The van der Waals surface area contributed by atoms with Crippen molar-refractivity contribution < 1.29 is 4.79 Å². The summed E-state index contributed by atoms with van der Waals surface area (Å²) in [5.74, 6) is 0.307. The Morgan fingerprint density at radius 3 is 2.47 bits per heavy atom. The van der Waals surface area contributed by atoms with Crippen LogP contribution in [0.15, 0.2) is 0 Å². The molecule has 0 saturated heterocycles. The molecule has 0 heterocycles. The Hall–Kier alpha value is -0.530. The Morgan fingerprint density at radius 1 is 1.33 bits per heavy atom. The average molecular weight is 212 g/mol. The molecule has 1 unspecified atom stereocenters. The van der Waals surface area contributed by atoms with Crippen LogP contribution in [0.1, 0.15) is 59.3 Å². The third-order valence-electron chi connectivity index (χ3n) is 2.84. The first-order valence-electron chi connectivity index (χ1n) is 6.26. The standard InChI is InChI=1S/C13H26NO/c1-5-8-10-13(15)14(11-9-6-2)12(4)7-3/h12H,1,5-11H2,2-4H3. The van der Waals surface area contributed by atoms with Crippen LogP contribution in [0.5, 0.6) is 0 Å². The van der Waals surface area contributed by atoms with Crippen molar-refractivity contribution in [3.63, 3.8) is 0 Å². The zero-order valence-corrected chi connectivity index (χ0v) is 10.6. The molecule has 0 aliphatic heterocycles. The Labute approximate surface area is 95.0 Å². The van der Waals surface area contributed by atoms with E-state index in [9.17, 15) is 4.79 Å². The minimum atomic E-state index is 0.307. The Kier molecular flexibility index (Phi) is 8.44. The number of unbranched alkanes of at least 4 members (excludes halogenated alkanes) is 2. The first-order chi connectivity index (χ1) is 7.17. The third-order valence-corrected chi connectivity index (χ3v) is 2.84. The van der Waals surface area contributed by atoms with Gasteiger partial charge in [0, 0.05) is 19.0 Å². The molecular weight excluding hydrogens is 186 g/mol. The maximum Gasteiger partial charge on any atom is 0.222 e. The van der Waals surface area contributed by atoms with Crippen molar-refractivity contribution in [3.8, 4) is 0 Å². The van der Waals surface area contributed by atoms with Gasteiger partial charge in [0.15, 0.2) is 0 Å². The summed E-state index contributed by atoms with van der Waals surface area (Å²) in [7, 11) is 0. The predicted octanol–water partition coefficient (Wildman–Crippen LogP) is 3.42. The van der Waals surface area contributed by atoms with Crippen molar-refractivity contribution >= 4 is 5.91 Å². The van der Waals surface area contributed by atoms with Gasteiger partial charge < -0.3 is 4.90 Å². The summed E-state index contributed by atoms with van der Waals surface area (Å²) in [6.07, 6.45) is 5.74. The fraction of sp³-hybridized carbons (Fsp3) is 0.846. The van der Waals surface area contributed by atoms with Crippen molar-refractivity contribution in [2.24, 2.45) is 0 Å². The summed E-state index contributed by atoms with van der Waals surface area (Å²) >= 11 is 0. The highest BCUT2D eigenvalue weighted by Gasteiger charge is 2.17. The van der Waals surface area contributed by atoms with E-state index in [0.717, 1.165) is 38.6 Å². The molecule has 0 aromatic heterocycles. The summed E-state index contributed by atoms with van der Waals surface area (Å²) in [4.78, 5) is 13.9. The van der Waals surface area contributed by atoms with Gasteiger partial charge in [0.25, 0.3) is 0 Å². The maximum absolute atomic E-state index is 11.9. The number of carbonyl (C=O) groups is 1. The first-order valence-corrected chi connectivity index (χ1v) is 6.26. The number of hydrogen-bond acceptors (Lipinski definition) is 1. The molecule has 89 valence electrons. The quantitative estimate of drug-likeness (QED) is 0.603. The molecule has 2 nitrogen and oxygen atoms in total. The van der Waals surface area contributed by atoms with Crippen LogP contribution >= 0.6 is 0 Å². The van der Waals surface area contributed by atoms with Crippen LogP contribution in [0.25, 0.3) is 0 Å². The van der Waals surface area contributed by atoms with Crippen LogP contribution in [-0.4, -0.2) is 23.4 Å². The van der Waals surface area contributed by atoms with Crippen molar-refractivity contribution in [2.45, 2.75) is 65.3 Å². The normalized spacial score (nSPS) is 12.5. The van der Waals surface area contributed by atoms with E-state index in [4.69, 9.17) is 0 Å². The zero-order chi connectivity index (χ0) is 11.7. The second-order valence-electron chi connectivity index (χ2n) is 4.16. The molecule has 0 N–H and O–H groups in total. The van der Waals surface area contributed by atoms with E-state index in [1.807, 2.05) is 4.90 Å². The van der Waals surface area contributed by atoms with Gasteiger partial charge in [-0.15, -0.1) is 0 Å². The average Bonchev–Trinajstić information content (AvgIpc) is 2.26. The number of carbonyl (C=O) groups excluding carboxylic acids is 1. The summed E-state index contributed by atoms with van der Waals surface area (Å²) in [5, 5.41) is 0. The number of amides is 1. The van der Waals surface area contributed by atoms with Gasteiger partial charge >= 0.3 is 0 Å². The molecule has 0 saturated carbocycles. The van der Waals surface area contributed by atoms with Crippen LogP contribution in [-0.2, 0) is 4.79 Å². The lowest BCUT2D eigenvalue weighted by molar-refractivity contribution is -0.133. The lowest BCUT2D eigenvalue weighted by atomic mass is 10.1. The van der Waals surface area contributed by atoms with Gasteiger partial charge in [0.2, 0.25) is 5.91 Å². The molecule has 0 fully saturated rings. The van der Waals surface area contributed by atoms with Gasteiger partial charge in [-0.2, -0.15) is 0 Å². The van der Waals surface area contributed by atoms with Gasteiger partial charge in [0.1, 0.15) is 0 Å². The van der Waals surface area contributed by atoms with E-state index in [0.29, 0.717) is 18.4 Å². The smallest absolute Gasteiger partial charge is 0.222 e. The Balaban J connectivity index is 4.14. The number of rotatable bonds is 8. The summed E-state index contributed by atoms with van der Waals surface area (Å²) < 4.78 is 0. The number of hydrogen-bond donors (Lipinski definition) is 0. The predicted molar refractivity (Wildman–Crippen MR) is 65.6 cm³/mol. The molecule has 0 aromatic carbocycles. The molecule has 0 aliphatic carbocycles.